The van der Waals surface area contributed by atoms with Crippen LogP contribution in [-0.2, 0) is 19.0 Å². The normalized spacial score (nSPS) is 14.7. The average molecular weight is 354 g/mol. The van der Waals surface area contributed by atoms with Gasteiger partial charge in [-0.3, -0.25) is 9.98 Å². The summed E-state index contributed by atoms with van der Waals surface area (Å²) < 4.78 is 38.1. The van der Waals surface area contributed by atoms with E-state index < -0.39 is 11.7 Å². The van der Waals surface area contributed by atoms with E-state index in [2.05, 4.69) is 4.99 Å². The van der Waals surface area contributed by atoms with E-state index >= 15 is 0 Å². The first-order valence-corrected chi connectivity index (χ1v) is 8.64. The Balaban J connectivity index is 1.75. The summed E-state index contributed by atoms with van der Waals surface area (Å²) >= 11 is 0. The fourth-order valence-corrected chi connectivity index (χ4v) is 3.39. The van der Waals surface area contributed by atoms with Crippen LogP contribution in [0.1, 0.15) is 35.2 Å². The van der Waals surface area contributed by atoms with Gasteiger partial charge in [0.1, 0.15) is 0 Å². The lowest BCUT2D eigenvalue weighted by molar-refractivity contribution is -0.137. The van der Waals surface area contributed by atoms with E-state index in [1.165, 1.54) is 12.1 Å². The van der Waals surface area contributed by atoms with Gasteiger partial charge >= 0.3 is 6.18 Å². The Bertz CT molecular complexity index is 973. The van der Waals surface area contributed by atoms with Crippen molar-refractivity contribution in [3.8, 4) is 0 Å². The highest BCUT2D eigenvalue weighted by atomic mass is 19.4. The number of aryl methyl sites for hydroxylation is 1. The van der Waals surface area contributed by atoms with Crippen LogP contribution in [-0.4, -0.2) is 11.2 Å². The van der Waals surface area contributed by atoms with Crippen molar-refractivity contribution in [1.82, 2.24) is 4.98 Å². The van der Waals surface area contributed by atoms with E-state index in [1.54, 1.807) is 6.21 Å². The van der Waals surface area contributed by atoms with Gasteiger partial charge in [0.05, 0.1) is 16.8 Å². The summed E-state index contributed by atoms with van der Waals surface area (Å²) in [6.07, 6.45) is 1.43. The van der Waals surface area contributed by atoms with Crippen molar-refractivity contribution in [1.29, 1.82) is 0 Å². The van der Waals surface area contributed by atoms with Crippen molar-refractivity contribution in [2.45, 2.75) is 31.9 Å². The molecule has 1 heterocycles. The van der Waals surface area contributed by atoms with E-state index in [1.807, 2.05) is 24.3 Å². The minimum Gasteiger partial charge on any atom is -0.255 e. The summed E-state index contributed by atoms with van der Waals surface area (Å²) in [6, 6.07) is 12.9. The summed E-state index contributed by atoms with van der Waals surface area (Å²) in [5.74, 6) is 0. The van der Waals surface area contributed by atoms with Crippen LogP contribution in [0.25, 0.3) is 10.9 Å². The van der Waals surface area contributed by atoms with Crippen molar-refractivity contribution in [2.75, 3.05) is 0 Å². The summed E-state index contributed by atoms with van der Waals surface area (Å²) in [6.45, 7) is 0. The Morgan fingerprint density at radius 3 is 2.42 bits per heavy atom. The molecule has 1 aliphatic rings. The van der Waals surface area contributed by atoms with Gasteiger partial charge in [-0.2, -0.15) is 13.2 Å². The van der Waals surface area contributed by atoms with Gasteiger partial charge in [-0.15, -0.1) is 0 Å². The highest BCUT2D eigenvalue weighted by Gasteiger charge is 2.29. The van der Waals surface area contributed by atoms with Crippen molar-refractivity contribution in [2.24, 2.45) is 4.99 Å². The number of nitrogens with zero attached hydrogens (tertiary/aromatic N) is 2. The summed E-state index contributed by atoms with van der Waals surface area (Å²) in [5, 5.41) is 0.983. The predicted molar refractivity (Wildman–Crippen MR) is 97.1 cm³/mol. The maximum atomic E-state index is 12.7. The van der Waals surface area contributed by atoms with Crippen LogP contribution < -0.4 is 0 Å². The molecule has 26 heavy (non-hydrogen) atoms. The molecule has 0 N–H and O–H groups in total. The maximum Gasteiger partial charge on any atom is 0.416 e. The van der Waals surface area contributed by atoms with Gasteiger partial charge in [-0.05, 0) is 55.0 Å². The Kier molecular flexibility index (Phi) is 4.23. The van der Waals surface area contributed by atoms with E-state index in [0.29, 0.717) is 5.56 Å². The zero-order valence-corrected chi connectivity index (χ0v) is 14.1. The molecule has 0 spiro atoms. The number of hydrogen-bond donors (Lipinski definition) is 0. The van der Waals surface area contributed by atoms with Crippen LogP contribution in [0.5, 0.6) is 0 Å². The number of alkyl halides is 3. The third kappa shape index (κ3) is 3.21. The van der Waals surface area contributed by atoms with Gasteiger partial charge in [-0.1, -0.05) is 30.3 Å². The van der Waals surface area contributed by atoms with Crippen molar-refractivity contribution < 1.29 is 13.2 Å². The SMILES string of the molecule is FC(F)(F)c1ccc(/C=N/c2c3c(nc4ccccc24)CCCC3)cc1. The molecule has 2 nitrogen and oxygen atoms in total. The molecule has 0 radical (unpaired) electrons. The predicted octanol–water partition coefficient (Wildman–Crippen LogP) is 5.88. The lowest BCUT2D eigenvalue weighted by Crippen LogP contribution is -2.06. The van der Waals surface area contributed by atoms with Crippen molar-refractivity contribution in [3.05, 3.63) is 70.9 Å². The molecule has 0 saturated heterocycles. The highest BCUT2D eigenvalue weighted by Crippen LogP contribution is 2.35. The smallest absolute Gasteiger partial charge is 0.255 e. The summed E-state index contributed by atoms with van der Waals surface area (Å²) in [5.41, 5.74) is 4.05. The van der Waals surface area contributed by atoms with Gasteiger partial charge < -0.3 is 0 Å². The number of fused-ring (bicyclic) bond motifs is 2. The van der Waals surface area contributed by atoms with Crippen LogP contribution in [0.2, 0.25) is 0 Å². The first kappa shape index (κ1) is 16.8. The Labute approximate surface area is 149 Å². The number of hydrogen-bond acceptors (Lipinski definition) is 2. The highest BCUT2D eigenvalue weighted by molar-refractivity contribution is 5.95. The second-order valence-corrected chi connectivity index (χ2v) is 6.49. The number of halogens is 3. The number of aliphatic imine (C=N–C) groups is 1. The van der Waals surface area contributed by atoms with E-state index in [9.17, 15) is 13.2 Å². The molecule has 132 valence electrons. The molecule has 0 fully saturated rings. The molecule has 1 aromatic heterocycles. The van der Waals surface area contributed by atoms with E-state index in [4.69, 9.17) is 4.98 Å². The molecule has 2 aromatic carbocycles. The molecule has 5 heteroatoms. The number of rotatable bonds is 2. The largest absolute Gasteiger partial charge is 0.416 e. The van der Waals surface area contributed by atoms with Gasteiger partial charge in [0, 0.05) is 17.3 Å². The van der Waals surface area contributed by atoms with Gasteiger partial charge in [0.25, 0.3) is 0 Å². The standard InChI is InChI=1S/C21H17F3N2/c22-21(23,24)15-11-9-14(10-12-15)13-25-20-16-5-1-3-7-18(16)26-19-8-4-2-6-17(19)20/h1,3,5,7,9-13H,2,4,6,8H2/b25-13+. The van der Waals surface area contributed by atoms with Gasteiger partial charge in [-0.25, -0.2) is 0 Å². The van der Waals surface area contributed by atoms with Crippen LogP contribution in [0.15, 0.2) is 53.5 Å². The zero-order chi connectivity index (χ0) is 18.1. The molecule has 1 aliphatic carbocycles. The molecule has 0 amide bonds. The summed E-state index contributed by atoms with van der Waals surface area (Å²) in [7, 11) is 0. The molecule has 3 aromatic rings. The minimum absolute atomic E-state index is 0.642. The maximum absolute atomic E-state index is 12.7. The molecule has 0 bridgehead atoms. The second kappa shape index (κ2) is 6.56. The Morgan fingerprint density at radius 2 is 1.65 bits per heavy atom. The fraction of sp³-hybridized carbons (Fsp3) is 0.238. The first-order chi connectivity index (χ1) is 12.5. The van der Waals surface area contributed by atoms with Gasteiger partial charge in [0.2, 0.25) is 0 Å². The monoisotopic (exact) mass is 354 g/mol. The fourth-order valence-electron chi connectivity index (χ4n) is 3.39. The lowest BCUT2D eigenvalue weighted by atomic mass is 9.93. The third-order valence-corrected chi connectivity index (χ3v) is 4.72. The first-order valence-electron chi connectivity index (χ1n) is 8.64. The minimum atomic E-state index is -4.32. The molecular formula is C21H17F3N2. The molecule has 4 rings (SSSR count). The number of pyridine rings is 1. The quantitative estimate of drug-likeness (QED) is 0.527. The zero-order valence-electron chi connectivity index (χ0n) is 14.1. The molecule has 0 atom stereocenters. The van der Waals surface area contributed by atoms with Crippen LogP contribution in [0, 0.1) is 0 Å². The summed E-state index contributed by atoms with van der Waals surface area (Å²) in [4.78, 5) is 9.43. The van der Waals surface area contributed by atoms with Gasteiger partial charge in [0.15, 0.2) is 0 Å². The van der Waals surface area contributed by atoms with Crippen molar-refractivity contribution >= 4 is 22.8 Å². The average Bonchev–Trinajstić information content (AvgIpc) is 2.65. The van der Waals surface area contributed by atoms with Crippen LogP contribution in [0.3, 0.4) is 0 Å². The molecule has 0 saturated carbocycles. The van der Waals surface area contributed by atoms with Crippen molar-refractivity contribution in [3.63, 3.8) is 0 Å². The Morgan fingerprint density at radius 1 is 0.923 bits per heavy atom. The van der Waals surface area contributed by atoms with E-state index in [0.717, 1.165) is 65.7 Å². The molecule has 0 aliphatic heterocycles. The Hall–Kier alpha value is -2.69. The topological polar surface area (TPSA) is 25.2 Å². The van der Waals surface area contributed by atoms with E-state index in [-0.39, 0.29) is 0 Å². The lowest BCUT2D eigenvalue weighted by Gasteiger charge is -2.18. The third-order valence-electron chi connectivity index (χ3n) is 4.72. The number of para-hydroxylation sites is 1. The molecular weight excluding hydrogens is 337 g/mol. The van der Waals surface area contributed by atoms with Crippen LogP contribution >= 0.6 is 0 Å². The number of benzene rings is 2. The second-order valence-electron chi connectivity index (χ2n) is 6.49. The van der Waals surface area contributed by atoms with Crippen LogP contribution in [0.4, 0.5) is 18.9 Å². The number of aromatic nitrogens is 1. The molecule has 0 unspecified atom stereocenters.